The molecule has 1 aliphatic heterocycles. The fourth-order valence-corrected chi connectivity index (χ4v) is 3.16. The van der Waals surface area contributed by atoms with Gasteiger partial charge in [-0.3, -0.25) is 14.4 Å². The quantitative estimate of drug-likeness (QED) is 0.810. The monoisotopic (exact) mass is 296 g/mol. The van der Waals surface area contributed by atoms with Crippen LogP contribution in [0.25, 0.3) is 0 Å². The summed E-state index contributed by atoms with van der Waals surface area (Å²) in [5.41, 5.74) is 0. The van der Waals surface area contributed by atoms with E-state index in [1.54, 1.807) is 0 Å². The normalized spacial score (nSPS) is 26.2. The van der Waals surface area contributed by atoms with Crippen molar-refractivity contribution in [3.63, 3.8) is 0 Å². The third-order valence-corrected chi connectivity index (χ3v) is 4.57. The first-order chi connectivity index (χ1) is 10.1. The Morgan fingerprint density at radius 1 is 0.952 bits per heavy atom. The van der Waals surface area contributed by atoms with E-state index in [4.69, 9.17) is 5.11 Å². The van der Waals surface area contributed by atoms with Gasteiger partial charge in [0.15, 0.2) is 0 Å². The molecule has 2 fully saturated rings. The topological polar surface area (TPSA) is 86.7 Å². The molecule has 0 unspecified atom stereocenters. The van der Waals surface area contributed by atoms with Crippen LogP contribution >= 0.6 is 0 Å². The second kappa shape index (κ2) is 7.43. The van der Waals surface area contributed by atoms with Crippen molar-refractivity contribution in [2.75, 3.05) is 19.6 Å². The first-order valence-electron chi connectivity index (χ1n) is 7.86. The van der Waals surface area contributed by atoms with Gasteiger partial charge in [-0.1, -0.05) is 0 Å². The first-order valence-corrected chi connectivity index (χ1v) is 7.86. The van der Waals surface area contributed by atoms with Crippen molar-refractivity contribution < 1.29 is 19.5 Å². The van der Waals surface area contributed by atoms with Crippen LogP contribution in [0, 0.1) is 11.8 Å². The van der Waals surface area contributed by atoms with Crippen molar-refractivity contribution in [2.24, 2.45) is 11.8 Å². The Kier molecular flexibility index (Phi) is 5.59. The summed E-state index contributed by atoms with van der Waals surface area (Å²) in [6, 6.07) is 0. The summed E-state index contributed by atoms with van der Waals surface area (Å²) in [7, 11) is 0. The zero-order valence-corrected chi connectivity index (χ0v) is 12.3. The first kappa shape index (κ1) is 15.8. The molecule has 1 heterocycles. The minimum atomic E-state index is -0.769. The number of carbonyl (C=O) groups excluding carboxylic acids is 2. The summed E-state index contributed by atoms with van der Waals surface area (Å²) in [6.07, 6.45) is 5.54. The van der Waals surface area contributed by atoms with Gasteiger partial charge < -0.3 is 15.3 Å². The van der Waals surface area contributed by atoms with Crippen molar-refractivity contribution in [1.29, 1.82) is 0 Å². The van der Waals surface area contributed by atoms with Gasteiger partial charge >= 0.3 is 5.97 Å². The van der Waals surface area contributed by atoms with Crippen LogP contribution in [-0.2, 0) is 14.4 Å². The van der Waals surface area contributed by atoms with Gasteiger partial charge in [0.1, 0.15) is 0 Å². The highest BCUT2D eigenvalue weighted by Crippen LogP contribution is 2.28. The van der Waals surface area contributed by atoms with Crippen LogP contribution in [0.4, 0.5) is 0 Å². The Labute approximate surface area is 124 Å². The molecule has 0 bridgehead atoms. The van der Waals surface area contributed by atoms with Crippen LogP contribution in [0.3, 0.4) is 0 Å². The minimum absolute atomic E-state index is 0.0118. The molecule has 2 amide bonds. The molecule has 1 saturated carbocycles. The molecular formula is C15H24N2O4. The number of nitrogens with one attached hydrogen (secondary N) is 1. The molecule has 0 atom stereocenters. The number of carboxylic acids is 1. The molecule has 0 aromatic carbocycles. The van der Waals surface area contributed by atoms with E-state index in [0.29, 0.717) is 25.7 Å². The summed E-state index contributed by atoms with van der Waals surface area (Å²) in [5.74, 6) is -1.35. The van der Waals surface area contributed by atoms with Crippen LogP contribution in [0.15, 0.2) is 0 Å². The third kappa shape index (κ3) is 4.44. The van der Waals surface area contributed by atoms with Crippen LogP contribution in [0.2, 0.25) is 0 Å². The highest BCUT2D eigenvalue weighted by Gasteiger charge is 2.30. The average molecular weight is 296 g/mol. The molecule has 1 saturated heterocycles. The summed E-state index contributed by atoms with van der Waals surface area (Å²) >= 11 is 0. The molecule has 21 heavy (non-hydrogen) atoms. The second-order valence-electron chi connectivity index (χ2n) is 6.05. The highest BCUT2D eigenvalue weighted by atomic mass is 16.4. The van der Waals surface area contributed by atoms with Crippen molar-refractivity contribution in [2.45, 2.75) is 44.9 Å². The van der Waals surface area contributed by atoms with E-state index >= 15 is 0 Å². The molecule has 2 aliphatic rings. The van der Waals surface area contributed by atoms with Gasteiger partial charge in [-0.25, -0.2) is 0 Å². The molecule has 0 aromatic heterocycles. The van der Waals surface area contributed by atoms with Gasteiger partial charge in [-0.15, -0.1) is 0 Å². The summed E-state index contributed by atoms with van der Waals surface area (Å²) < 4.78 is 0. The predicted octanol–water partition coefficient (Wildman–Crippen LogP) is 1.01. The van der Waals surface area contributed by atoms with E-state index in [0.717, 1.165) is 25.9 Å². The number of rotatable bonds is 4. The fraction of sp³-hybridized carbons (Fsp3) is 0.800. The van der Waals surface area contributed by atoms with Gasteiger partial charge in [-0.05, 0) is 44.9 Å². The van der Waals surface area contributed by atoms with E-state index in [2.05, 4.69) is 5.32 Å². The van der Waals surface area contributed by atoms with E-state index in [1.165, 1.54) is 6.42 Å². The molecular weight excluding hydrogens is 272 g/mol. The SMILES string of the molecule is O=C(O)C1CCC(C(=O)NCC(=O)N2CCCCC2)CC1. The summed E-state index contributed by atoms with van der Waals surface area (Å²) in [6.45, 7) is 1.65. The van der Waals surface area contributed by atoms with Gasteiger partial charge in [0, 0.05) is 19.0 Å². The summed E-state index contributed by atoms with van der Waals surface area (Å²) in [4.78, 5) is 36.7. The zero-order chi connectivity index (χ0) is 15.2. The maximum atomic E-state index is 12.0. The maximum absolute atomic E-state index is 12.0. The van der Waals surface area contributed by atoms with Gasteiger partial charge in [0.25, 0.3) is 0 Å². The van der Waals surface area contributed by atoms with Gasteiger partial charge in [0.2, 0.25) is 11.8 Å². The number of hydrogen-bond donors (Lipinski definition) is 2. The molecule has 2 N–H and O–H groups in total. The van der Waals surface area contributed by atoms with E-state index in [9.17, 15) is 14.4 Å². The largest absolute Gasteiger partial charge is 0.481 e. The van der Waals surface area contributed by atoms with Gasteiger partial charge in [0.05, 0.1) is 12.5 Å². The number of piperidine rings is 1. The van der Waals surface area contributed by atoms with E-state index < -0.39 is 5.97 Å². The van der Waals surface area contributed by atoms with Crippen LogP contribution in [-0.4, -0.2) is 47.4 Å². The molecule has 0 aromatic rings. The molecule has 6 heteroatoms. The number of hydrogen-bond acceptors (Lipinski definition) is 3. The number of likely N-dealkylation sites (tertiary alicyclic amines) is 1. The van der Waals surface area contributed by atoms with Crippen molar-refractivity contribution >= 4 is 17.8 Å². The second-order valence-corrected chi connectivity index (χ2v) is 6.05. The number of amides is 2. The lowest BCUT2D eigenvalue weighted by atomic mass is 9.81. The number of nitrogens with zero attached hydrogens (tertiary/aromatic N) is 1. The van der Waals surface area contributed by atoms with E-state index in [-0.39, 0.29) is 30.2 Å². The lowest BCUT2D eigenvalue weighted by Gasteiger charge is -2.28. The Bertz CT molecular complexity index is 396. The standard InChI is InChI=1S/C15H24N2O4/c18-13(17-8-2-1-3-9-17)10-16-14(19)11-4-6-12(7-5-11)15(20)21/h11-12H,1-10H2,(H,16,19)(H,20,21). The predicted molar refractivity (Wildman–Crippen MR) is 76.5 cm³/mol. The Balaban J connectivity index is 1.70. The van der Waals surface area contributed by atoms with Crippen LogP contribution in [0.1, 0.15) is 44.9 Å². The third-order valence-electron chi connectivity index (χ3n) is 4.57. The molecule has 2 rings (SSSR count). The smallest absolute Gasteiger partial charge is 0.306 e. The van der Waals surface area contributed by atoms with Crippen LogP contribution < -0.4 is 5.32 Å². The zero-order valence-electron chi connectivity index (χ0n) is 12.3. The van der Waals surface area contributed by atoms with Crippen molar-refractivity contribution in [1.82, 2.24) is 10.2 Å². The Hall–Kier alpha value is -1.59. The van der Waals surface area contributed by atoms with Crippen molar-refractivity contribution in [3.8, 4) is 0 Å². The lowest BCUT2D eigenvalue weighted by molar-refractivity contribution is -0.144. The minimum Gasteiger partial charge on any atom is -0.481 e. The van der Waals surface area contributed by atoms with Gasteiger partial charge in [-0.2, -0.15) is 0 Å². The Morgan fingerprint density at radius 2 is 1.52 bits per heavy atom. The number of carbonyl (C=O) groups is 3. The lowest BCUT2D eigenvalue weighted by Crippen LogP contribution is -2.44. The summed E-state index contributed by atoms with van der Waals surface area (Å²) in [5, 5.41) is 11.6. The maximum Gasteiger partial charge on any atom is 0.306 e. The molecule has 1 aliphatic carbocycles. The molecule has 118 valence electrons. The Morgan fingerprint density at radius 3 is 2.10 bits per heavy atom. The fourth-order valence-electron chi connectivity index (χ4n) is 3.16. The van der Waals surface area contributed by atoms with Crippen molar-refractivity contribution in [3.05, 3.63) is 0 Å². The van der Waals surface area contributed by atoms with Crippen LogP contribution in [0.5, 0.6) is 0 Å². The highest BCUT2D eigenvalue weighted by molar-refractivity contribution is 5.86. The number of carboxylic acid groups (broad SMARTS) is 1. The van der Waals surface area contributed by atoms with E-state index in [1.807, 2.05) is 4.90 Å². The average Bonchev–Trinajstić information content (AvgIpc) is 2.53. The molecule has 0 radical (unpaired) electrons. The molecule has 0 spiro atoms. The number of aliphatic carboxylic acids is 1. The molecule has 6 nitrogen and oxygen atoms in total.